The molecule has 0 radical (unpaired) electrons. The van der Waals surface area contributed by atoms with Crippen molar-refractivity contribution >= 4 is 49.3 Å². The zero-order valence-corrected chi connectivity index (χ0v) is 28.7. The Morgan fingerprint density at radius 3 is 1.54 bits per heavy atom. The minimum Gasteiger partial charge on any atom is -0.309 e. The molecule has 0 unspecified atom stereocenters. The van der Waals surface area contributed by atoms with E-state index in [0.717, 1.165) is 71.7 Å². The van der Waals surface area contributed by atoms with Crippen molar-refractivity contribution in [3.8, 4) is 51.6 Å². The zero-order chi connectivity index (χ0) is 36.2. The second-order valence-corrected chi connectivity index (χ2v) is 13.1. The highest BCUT2D eigenvalue weighted by atomic mass is 15.0. The van der Waals surface area contributed by atoms with Gasteiger partial charge in [0, 0.05) is 43.9 Å². The number of para-hydroxylation sites is 2. The Bertz CT molecular complexity index is 3110. The Labute approximate surface area is 310 Å². The van der Waals surface area contributed by atoms with E-state index in [-0.39, 0.29) is 0 Å². The molecule has 250 valence electrons. The van der Waals surface area contributed by atoms with Crippen LogP contribution < -0.4 is 0 Å². The molecule has 7 nitrogen and oxygen atoms in total. The molecule has 0 aliphatic heterocycles. The van der Waals surface area contributed by atoms with Crippen LogP contribution in [0.3, 0.4) is 0 Å². The molecule has 54 heavy (non-hydrogen) atoms. The van der Waals surface area contributed by atoms with Gasteiger partial charge < -0.3 is 9.13 Å². The van der Waals surface area contributed by atoms with Gasteiger partial charge >= 0.3 is 0 Å². The Morgan fingerprint density at radius 2 is 0.981 bits per heavy atom. The quantitative estimate of drug-likeness (QED) is 0.169. The maximum Gasteiger partial charge on any atom is 0.187 e. The molecule has 7 heteroatoms. The van der Waals surface area contributed by atoms with Crippen molar-refractivity contribution in [2.75, 3.05) is 0 Å². The molecule has 0 atom stereocenters. The number of aromatic nitrogens is 5. The number of benzene rings is 7. The van der Waals surface area contributed by atoms with Gasteiger partial charge in [0.15, 0.2) is 23.2 Å². The van der Waals surface area contributed by atoms with Gasteiger partial charge in [-0.05, 0) is 54.6 Å². The molecule has 0 fully saturated rings. The van der Waals surface area contributed by atoms with Gasteiger partial charge in [-0.3, -0.25) is 0 Å². The zero-order valence-electron chi connectivity index (χ0n) is 28.7. The lowest BCUT2D eigenvalue weighted by Gasteiger charge is -2.13. The molecule has 0 N–H and O–H groups in total. The molecule has 3 heterocycles. The third-order valence-corrected chi connectivity index (χ3v) is 10.0. The minimum absolute atomic E-state index is 0.493. The van der Waals surface area contributed by atoms with E-state index < -0.39 is 0 Å². The van der Waals surface area contributed by atoms with Crippen molar-refractivity contribution in [1.29, 1.82) is 5.26 Å². The molecule has 0 saturated heterocycles. The normalized spacial score (nSPS) is 11.3. The van der Waals surface area contributed by atoms with Crippen molar-refractivity contribution in [3.05, 3.63) is 181 Å². The first kappa shape index (κ1) is 30.9. The summed E-state index contributed by atoms with van der Waals surface area (Å²) in [6.45, 7) is 7.44. The Morgan fingerprint density at radius 1 is 0.481 bits per heavy atom. The van der Waals surface area contributed by atoms with Crippen LogP contribution in [-0.4, -0.2) is 24.1 Å². The van der Waals surface area contributed by atoms with E-state index in [1.165, 1.54) is 0 Å². The van der Waals surface area contributed by atoms with Gasteiger partial charge in [0.05, 0.1) is 39.9 Å². The fourth-order valence-electron chi connectivity index (χ4n) is 7.63. The third-order valence-electron chi connectivity index (χ3n) is 10.0. The lowest BCUT2D eigenvalue weighted by Crippen LogP contribution is -2.02. The van der Waals surface area contributed by atoms with E-state index in [9.17, 15) is 5.26 Å². The van der Waals surface area contributed by atoms with E-state index in [1.807, 2.05) is 109 Å². The molecular weight excluding hydrogens is 663 g/mol. The topological polar surface area (TPSA) is 76.7 Å². The van der Waals surface area contributed by atoms with Gasteiger partial charge in [-0.15, -0.1) is 0 Å². The van der Waals surface area contributed by atoms with Gasteiger partial charge in [0.2, 0.25) is 0 Å². The van der Waals surface area contributed by atoms with Gasteiger partial charge in [-0.1, -0.05) is 109 Å². The lowest BCUT2D eigenvalue weighted by molar-refractivity contribution is 1.07. The summed E-state index contributed by atoms with van der Waals surface area (Å²) in [6.07, 6.45) is 0. The van der Waals surface area contributed by atoms with E-state index >= 15 is 0 Å². The van der Waals surface area contributed by atoms with Crippen molar-refractivity contribution in [3.63, 3.8) is 0 Å². The lowest BCUT2D eigenvalue weighted by atomic mass is 10.1. The molecule has 0 bridgehead atoms. The minimum atomic E-state index is 0.493. The Balaban J connectivity index is 1.20. The maximum absolute atomic E-state index is 10.7. The number of nitriles is 1. The number of hydrogen-bond acceptors (Lipinski definition) is 4. The van der Waals surface area contributed by atoms with E-state index in [0.29, 0.717) is 28.7 Å². The van der Waals surface area contributed by atoms with Gasteiger partial charge in [0.25, 0.3) is 0 Å². The highest BCUT2D eigenvalue weighted by molar-refractivity contribution is 6.29. The highest BCUT2D eigenvalue weighted by Gasteiger charge is 2.22. The highest BCUT2D eigenvalue weighted by Crippen LogP contribution is 2.43. The Kier molecular flexibility index (Phi) is 7.11. The second-order valence-electron chi connectivity index (χ2n) is 13.1. The second kappa shape index (κ2) is 12.4. The van der Waals surface area contributed by atoms with Crippen LogP contribution in [0.25, 0.3) is 94.0 Å². The van der Waals surface area contributed by atoms with Crippen LogP contribution in [0.5, 0.6) is 0 Å². The van der Waals surface area contributed by atoms with Crippen LogP contribution in [-0.2, 0) is 0 Å². The van der Waals surface area contributed by atoms with E-state index in [2.05, 4.69) is 74.6 Å². The third kappa shape index (κ3) is 4.85. The number of rotatable bonds is 5. The predicted molar refractivity (Wildman–Crippen MR) is 216 cm³/mol. The molecule has 7 aromatic carbocycles. The summed E-state index contributed by atoms with van der Waals surface area (Å²) < 4.78 is 4.46. The fraction of sp³-hybridized carbons (Fsp3) is 0. The van der Waals surface area contributed by atoms with Gasteiger partial charge in [-0.25, -0.2) is 19.8 Å². The van der Waals surface area contributed by atoms with E-state index in [1.54, 1.807) is 0 Å². The first-order valence-electron chi connectivity index (χ1n) is 17.6. The molecule has 0 spiro atoms. The van der Waals surface area contributed by atoms with E-state index in [4.69, 9.17) is 21.5 Å². The number of nitrogens with zero attached hydrogens (tertiary/aromatic N) is 7. The van der Waals surface area contributed by atoms with Gasteiger partial charge in [0.1, 0.15) is 6.07 Å². The average Bonchev–Trinajstić information content (AvgIpc) is 3.76. The van der Waals surface area contributed by atoms with Crippen molar-refractivity contribution in [2.24, 2.45) is 0 Å². The molecule has 0 aliphatic rings. The Hall–Kier alpha value is -7.87. The summed E-state index contributed by atoms with van der Waals surface area (Å²) in [7, 11) is 0. The van der Waals surface area contributed by atoms with Crippen LogP contribution >= 0.6 is 0 Å². The SMILES string of the molecule is [C-]#[N+]c1ccc(-n2c3ccccc3c3c4c5ccccc5n(-c5ccc(-c6nc(-c7ccccc7)nc(-c7ccccc7)n6)cc5C#N)c4ccc32)cc1. The first-order valence-corrected chi connectivity index (χ1v) is 17.6. The van der Waals surface area contributed by atoms with Crippen LogP contribution in [0.1, 0.15) is 5.56 Å². The van der Waals surface area contributed by atoms with Crippen LogP contribution in [0, 0.1) is 17.9 Å². The van der Waals surface area contributed by atoms with Crippen molar-refractivity contribution < 1.29 is 0 Å². The largest absolute Gasteiger partial charge is 0.309 e. The van der Waals surface area contributed by atoms with Crippen molar-refractivity contribution in [1.82, 2.24) is 24.1 Å². The first-order chi connectivity index (χ1) is 26.7. The van der Waals surface area contributed by atoms with Gasteiger partial charge in [-0.2, -0.15) is 5.26 Å². The monoisotopic (exact) mass is 689 g/mol. The fourth-order valence-corrected chi connectivity index (χ4v) is 7.63. The number of hydrogen-bond donors (Lipinski definition) is 0. The molecule has 3 aromatic heterocycles. The smallest absolute Gasteiger partial charge is 0.187 e. The molecule has 10 rings (SSSR count). The summed E-state index contributed by atoms with van der Waals surface area (Å²) in [5.41, 5.74) is 9.50. The number of fused-ring (bicyclic) bond motifs is 7. The van der Waals surface area contributed by atoms with Crippen molar-refractivity contribution in [2.45, 2.75) is 0 Å². The van der Waals surface area contributed by atoms with Crippen LogP contribution in [0.2, 0.25) is 0 Å². The molecule has 0 saturated carbocycles. The molecule has 0 aliphatic carbocycles. The summed E-state index contributed by atoms with van der Waals surface area (Å²) in [4.78, 5) is 18.3. The summed E-state index contributed by atoms with van der Waals surface area (Å²) in [5.74, 6) is 1.62. The van der Waals surface area contributed by atoms with Crippen LogP contribution in [0.15, 0.2) is 164 Å². The molecular formula is C47H27N7. The maximum atomic E-state index is 10.7. The summed E-state index contributed by atoms with van der Waals surface area (Å²) in [5, 5.41) is 15.2. The molecule has 10 aromatic rings. The average molecular weight is 690 g/mol. The molecule has 0 amide bonds. The predicted octanol–water partition coefficient (Wildman–Crippen LogP) is 11.5. The summed E-state index contributed by atoms with van der Waals surface area (Å²) >= 11 is 0. The standard InChI is InChI=1S/C47H27N7/c1-49-34-21-23-35(24-22-34)53-39-18-10-8-16-36(39)43-41(53)26-27-42-44(43)37-17-9-11-19-40(37)54(42)38-25-20-32(28-33(38)29-48)47-51-45(30-12-4-2-5-13-30)50-46(52-47)31-14-6-3-7-15-31/h2-28H. The summed E-state index contributed by atoms with van der Waals surface area (Å²) in [6, 6.07) is 57.0. The van der Waals surface area contributed by atoms with Crippen LogP contribution in [0.4, 0.5) is 5.69 Å².